The monoisotopic (exact) mass is 538 g/mol. The van der Waals surface area contributed by atoms with E-state index in [-0.39, 0.29) is 12.7 Å². The number of likely N-dealkylation sites (tertiary alicyclic amines) is 2. The van der Waals surface area contributed by atoms with Crippen LogP contribution in [0.3, 0.4) is 0 Å². The highest BCUT2D eigenvalue weighted by molar-refractivity contribution is 7.18. The molecule has 2 fully saturated rings. The molecule has 2 saturated heterocycles. The molecule has 0 spiro atoms. The average molecular weight is 539 g/mol. The second-order valence-corrected chi connectivity index (χ2v) is 11.7. The number of rotatable bonds is 5. The third-order valence-electron chi connectivity index (χ3n) is 7.80. The van der Waals surface area contributed by atoms with Crippen LogP contribution in [0.4, 0.5) is 15.9 Å². The normalized spacial score (nSPS) is 21.1. The number of hydrogen-bond acceptors (Lipinski definition) is 7. The lowest BCUT2D eigenvalue weighted by Crippen LogP contribution is -2.46. The van der Waals surface area contributed by atoms with E-state index >= 15 is 0 Å². The molecule has 0 bridgehead atoms. The van der Waals surface area contributed by atoms with E-state index in [1.807, 2.05) is 0 Å². The molecule has 1 aromatic carbocycles. The van der Waals surface area contributed by atoms with E-state index < -0.39 is 11.8 Å². The van der Waals surface area contributed by atoms with Gasteiger partial charge in [0.15, 0.2) is 0 Å². The topological polar surface area (TPSA) is 104 Å². The zero-order valence-electron chi connectivity index (χ0n) is 22.0. The number of aromatic nitrogens is 2. The largest absolute Gasteiger partial charge is 0.383 e. The number of halogens is 1. The van der Waals surface area contributed by atoms with E-state index in [0.29, 0.717) is 36.4 Å². The minimum Gasteiger partial charge on any atom is -0.383 e. The number of fused-ring (bicyclic) bond motifs is 1. The lowest BCUT2D eigenvalue weighted by atomic mass is 9.89. The fourth-order valence-electron chi connectivity index (χ4n) is 5.56. The van der Waals surface area contributed by atoms with Gasteiger partial charge in [-0.1, -0.05) is 13.0 Å². The molecular weight excluding hydrogens is 503 g/mol. The van der Waals surface area contributed by atoms with Gasteiger partial charge in [-0.2, -0.15) is 0 Å². The summed E-state index contributed by atoms with van der Waals surface area (Å²) in [7, 11) is 0. The van der Waals surface area contributed by atoms with Gasteiger partial charge in [0.2, 0.25) is 0 Å². The average Bonchev–Trinajstić information content (AvgIpc) is 3.34. The number of aryl methyl sites for hydroxylation is 1. The number of carbonyl (C=O) groups excluding carboxylic acids is 2. The van der Waals surface area contributed by atoms with E-state index in [1.54, 1.807) is 29.2 Å². The first-order valence-electron chi connectivity index (χ1n) is 13.3. The Morgan fingerprint density at radius 1 is 1.18 bits per heavy atom. The standard InChI is InChI=1S/C28H35FN6O2S/c1-17-3-5-23(35(16-17)28(37)26(36)32-21-13-18(2)25(30)31-15-21)20-4-6-24-22(14-20)33-27(38-24)19-7-10-34(11-8-19)12-9-29/h4,6,13-15,17,19,23H,3,5,7-12,16H2,1-2H3,(H2,30,31)(H,32,36)/t17-,23+/m0/s1. The summed E-state index contributed by atoms with van der Waals surface area (Å²) in [5.41, 5.74) is 8.90. The molecule has 8 nitrogen and oxygen atoms in total. The molecule has 10 heteroatoms. The number of piperidine rings is 2. The predicted octanol–water partition coefficient (Wildman–Crippen LogP) is 4.67. The van der Waals surface area contributed by atoms with E-state index in [9.17, 15) is 14.0 Å². The predicted molar refractivity (Wildman–Crippen MR) is 149 cm³/mol. The third kappa shape index (κ3) is 5.66. The Balaban J connectivity index is 1.33. The van der Waals surface area contributed by atoms with Gasteiger partial charge in [0.25, 0.3) is 0 Å². The van der Waals surface area contributed by atoms with Crippen LogP contribution in [0.25, 0.3) is 10.2 Å². The molecule has 2 aromatic heterocycles. The number of amides is 2. The zero-order valence-corrected chi connectivity index (χ0v) is 22.8. The van der Waals surface area contributed by atoms with Crippen LogP contribution in [-0.4, -0.2) is 64.4 Å². The number of thiazole rings is 1. The van der Waals surface area contributed by atoms with Crippen molar-refractivity contribution in [3.63, 3.8) is 0 Å². The van der Waals surface area contributed by atoms with Gasteiger partial charge in [0.05, 0.1) is 33.2 Å². The summed E-state index contributed by atoms with van der Waals surface area (Å²) >= 11 is 1.73. The van der Waals surface area contributed by atoms with Crippen molar-refractivity contribution in [1.82, 2.24) is 19.8 Å². The zero-order chi connectivity index (χ0) is 26.8. The number of nitrogens with zero attached hydrogens (tertiary/aromatic N) is 4. The summed E-state index contributed by atoms with van der Waals surface area (Å²) in [5, 5.41) is 3.82. The van der Waals surface area contributed by atoms with Crippen LogP contribution in [0.2, 0.25) is 0 Å². The number of carbonyl (C=O) groups is 2. The molecule has 2 amide bonds. The van der Waals surface area contributed by atoms with Gasteiger partial charge in [-0.05, 0) is 80.9 Å². The highest BCUT2D eigenvalue weighted by Gasteiger charge is 2.34. The van der Waals surface area contributed by atoms with Gasteiger partial charge >= 0.3 is 11.8 Å². The van der Waals surface area contributed by atoms with Crippen LogP contribution in [0.15, 0.2) is 30.5 Å². The highest BCUT2D eigenvalue weighted by atomic mass is 32.1. The number of alkyl halides is 1. The highest BCUT2D eigenvalue weighted by Crippen LogP contribution is 2.38. The molecule has 0 radical (unpaired) electrons. The Kier molecular flexibility index (Phi) is 7.90. The van der Waals surface area contributed by atoms with Crippen molar-refractivity contribution in [1.29, 1.82) is 0 Å². The van der Waals surface area contributed by atoms with Crippen LogP contribution >= 0.6 is 11.3 Å². The van der Waals surface area contributed by atoms with E-state index in [4.69, 9.17) is 10.7 Å². The molecular formula is C28H35FN6O2S. The lowest BCUT2D eigenvalue weighted by molar-refractivity contribution is -0.146. The molecule has 38 heavy (non-hydrogen) atoms. The van der Waals surface area contributed by atoms with Crippen molar-refractivity contribution >= 4 is 44.9 Å². The number of pyridine rings is 1. The Morgan fingerprint density at radius 2 is 1.97 bits per heavy atom. The van der Waals surface area contributed by atoms with E-state index in [1.165, 1.54) is 6.20 Å². The van der Waals surface area contributed by atoms with Gasteiger partial charge < -0.3 is 20.9 Å². The first kappa shape index (κ1) is 26.5. The molecule has 202 valence electrons. The second kappa shape index (κ2) is 11.3. The number of benzene rings is 1. The van der Waals surface area contributed by atoms with E-state index in [0.717, 1.165) is 65.1 Å². The maximum Gasteiger partial charge on any atom is 0.313 e. The number of anilines is 2. The molecule has 3 aromatic rings. The number of hydrogen-bond donors (Lipinski definition) is 2. The molecule has 2 aliphatic heterocycles. The number of nitrogens with one attached hydrogen (secondary N) is 1. The van der Waals surface area contributed by atoms with Gasteiger partial charge in [-0.15, -0.1) is 11.3 Å². The van der Waals surface area contributed by atoms with Crippen molar-refractivity contribution in [2.45, 2.75) is 51.5 Å². The minimum atomic E-state index is -0.675. The fourth-order valence-corrected chi connectivity index (χ4v) is 6.68. The second-order valence-electron chi connectivity index (χ2n) is 10.6. The van der Waals surface area contributed by atoms with Gasteiger partial charge in [-0.25, -0.2) is 14.4 Å². The van der Waals surface area contributed by atoms with Crippen molar-refractivity contribution < 1.29 is 14.0 Å². The van der Waals surface area contributed by atoms with Crippen LogP contribution in [-0.2, 0) is 9.59 Å². The SMILES string of the molecule is Cc1cc(NC(=O)C(=O)N2C[C@@H](C)CC[C@@H]2c2ccc3sc(C4CCN(CCF)CC4)nc3c2)cnc1N. The first-order valence-corrected chi connectivity index (χ1v) is 14.2. The number of nitrogen functional groups attached to an aromatic ring is 1. The summed E-state index contributed by atoms with van der Waals surface area (Å²) in [4.78, 5) is 39.2. The summed E-state index contributed by atoms with van der Waals surface area (Å²) in [6, 6.07) is 7.77. The third-order valence-corrected chi connectivity index (χ3v) is 9.00. The molecule has 4 heterocycles. The molecule has 3 N–H and O–H groups in total. The summed E-state index contributed by atoms with van der Waals surface area (Å²) in [5.74, 6) is -0.125. The van der Waals surface area contributed by atoms with Gasteiger partial charge in [0.1, 0.15) is 12.5 Å². The van der Waals surface area contributed by atoms with Crippen molar-refractivity contribution in [2.24, 2.45) is 5.92 Å². The smallest absolute Gasteiger partial charge is 0.313 e. The van der Waals surface area contributed by atoms with Crippen LogP contribution in [0, 0.1) is 12.8 Å². The summed E-state index contributed by atoms with van der Waals surface area (Å²) in [6.45, 7) is 6.46. The lowest BCUT2D eigenvalue weighted by Gasteiger charge is -2.38. The van der Waals surface area contributed by atoms with Crippen molar-refractivity contribution in [2.75, 3.05) is 43.9 Å². The van der Waals surface area contributed by atoms with Crippen LogP contribution in [0.5, 0.6) is 0 Å². The Morgan fingerprint density at radius 3 is 2.71 bits per heavy atom. The minimum absolute atomic E-state index is 0.186. The molecule has 2 aliphatic rings. The first-order chi connectivity index (χ1) is 18.3. The van der Waals surface area contributed by atoms with Gasteiger partial charge in [0, 0.05) is 19.0 Å². The maximum absolute atomic E-state index is 13.4. The fraction of sp³-hybridized carbons (Fsp3) is 0.500. The molecule has 0 unspecified atom stereocenters. The van der Waals surface area contributed by atoms with Crippen LogP contribution < -0.4 is 11.1 Å². The maximum atomic E-state index is 13.4. The molecule has 0 saturated carbocycles. The van der Waals surface area contributed by atoms with E-state index in [2.05, 4.69) is 40.3 Å². The van der Waals surface area contributed by atoms with Crippen LogP contribution in [0.1, 0.15) is 60.7 Å². The number of nitrogens with two attached hydrogens (primary N) is 1. The molecule has 5 rings (SSSR count). The van der Waals surface area contributed by atoms with Crippen molar-refractivity contribution in [3.05, 3.63) is 46.6 Å². The quantitative estimate of drug-likeness (QED) is 0.458. The Hall–Kier alpha value is -3.11. The molecule has 0 aliphatic carbocycles. The summed E-state index contributed by atoms with van der Waals surface area (Å²) < 4.78 is 13.8. The summed E-state index contributed by atoms with van der Waals surface area (Å²) in [6.07, 6.45) is 5.22. The Labute approximate surface area is 226 Å². The molecule has 2 atom stereocenters. The van der Waals surface area contributed by atoms with Gasteiger partial charge in [-0.3, -0.25) is 9.59 Å². The van der Waals surface area contributed by atoms with Crippen molar-refractivity contribution in [3.8, 4) is 0 Å². The Bertz CT molecular complexity index is 1320.